The Bertz CT molecular complexity index is 162. The van der Waals surface area contributed by atoms with Crippen molar-refractivity contribution in [2.75, 3.05) is 13.1 Å². The predicted octanol–water partition coefficient (Wildman–Crippen LogP) is 0.534. The van der Waals surface area contributed by atoms with Crippen molar-refractivity contribution in [2.45, 2.75) is 25.7 Å². The third-order valence-corrected chi connectivity index (χ3v) is 2.30. The highest BCUT2D eigenvalue weighted by molar-refractivity contribution is 5.82. The van der Waals surface area contributed by atoms with Crippen LogP contribution >= 0.6 is 0 Å². The average Bonchev–Trinajstić information content (AvgIpc) is 2.15. The lowest BCUT2D eigenvalue weighted by molar-refractivity contribution is -0.124. The Balaban J connectivity index is 2.24. The smallest absolute Gasteiger partial charge is 0.136 e. The van der Waals surface area contributed by atoms with Crippen LogP contribution < -0.4 is 5.32 Å². The monoisotopic (exact) mass is 169 g/mol. The van der Waals surface area contributed by atoms with Gasteiger partial charge in [-0.25, -0.2) is 0 Å². The molecule has 0 spiro atoms. The van der Waals surface area contributed by atoms with Crippen LogP contribution in [0.1, 0.15) is 25.7 Å². The Morgan fingerprint density at radius 1 is 1.42 bits per heavy atom. The van der Waals surface area contributed by atoms with Crippen LogP contribution in [0.15, 0.2) is 0 Å². The SMILES string of the molecule is O=CCCC(=O)C1CCNCC1. The maximum atomic E-state index is 11.4. The molecule has 0 radical (unpaired) electrons. The maximum absolute atomic E-state index is 11.4. The fourth-order valence-corrected chi connectivity index (χ4v) is 1.55. The number of carbonyl (C=O) groups excluding carboxylic acids is 2. The number of Topliss-reactive ketones (excluding diaryl/α,β-unsaturated/α-hetero) is 1. The van der Waals surface area contributed by atoms with Crippen molar-refractivity contribution >= 4 is 12.1 Å². The van der Waals surface area contributed by atoms with E-state index in [0.717, 1.165) is 32.2 Å². The lowest BCUT2D eigenvalue weighted by atomic mass is 9.91. The van der Waals surface area contributed by atoms with E-state index in [4.69, 9.17) is 0 Å². The van der Waals surface area contributed by atoms with Gasteiger partial charge in [0.05, 0.1) is 0 Å². The number of ketones is 1. The minimum atomic E-state index is 0.214. The van der Waals surface area contributed by atoms with Gasteiger partial charge in [-0.3, -0.25) is 4.79 Å². The normalized spacial score (nSPS) is 19.0. The summed E-state index contributed by atoms with van der Waals surface area (Å²) in [5.41, 5.74) is 0. The molecule has 0 aromatic carbocycles. The Kier molecular flexibility index (Phi) is 3.94. The molecule has 0 aliphatic carbocycles. The van der Waals surface area contributed by atoms with Crippen LogP contribution in [0.25, 0.3) is 0 Å². The summed E-state index contributed by atoms with van der Waals surface area (Å²) < 4.78 is 0. The van der Waals surface area contributed by atoms with E-state index in [0.29, 0.717) is 12.8 Å². The van der Waals surface area contributed by atoms with Crippen LogP contribution in [-0.2, 0) is 9.59 Å². The first kappa shape index (κ1) is 9.39. The quantitative estimate of drug-likeness (QED) is 0.624. The Morgan fingerprint density at radius 2 is 2.08 bits per heavy atom. The fourth-order valence-electron chi connectivity index (χ4n) is 1.55. The molecular formula is C9H15NO2. The summed E-state index contributed by atoms with van der Waals surface area (Å²) in [7, 11) is 0. The molecule has 0 atom stereocenters. The van der Waals surface area contributed by atoms with Crippen molar-refractivity contribution in [2.24, 2.45) is 5.92 Å². The van der Waals surface area contributed by atoms with Crippen molar-refractivity contribution in [3.8, 4) is 0 Å². The van der Waals surface area contributed by atoms with Crippen molar-refractivity contribution in [3.05, 3.63) is 0 Å². The summed E-state index contributed by atoms with van der Waals surface area (Å²) in [6.07, 6.45) is 3.53. The molecular weight excluding hydrogens is 154 g/mol. The summed E-state index contributed by atoms with van der Waals surface area (Å²) >= 11 is 0. The lowest BCUT2D eigenvalue weighted by Crippen LogP contribution is -2.31. The van der Waals surface area contributed by atoms with E-state index in [2.05, 4.69) is 5.32 Å². The van der Waals surface area contributed by atoms with Gasteiger partial charge in [0.1, 0.15) is 12.1 Å². The van der Waals surface area contributed by atoms with Crippen LogP contribution in [0.4, 0.5) is 0 Å². The highest BCUT2D eigenvalue weighted by Crippen LogP contribution is 2.14. The lowest BCUT2D eigenvalue weighted by Gasteiger charge is -2.20. The van der Waals surface area contributed by atoms with Gasteiger partial charge in [0.15, 0.2) is 0 Å². The van der Waals surface area contributed by atoms with Gasteiger partial charge in [-0.2, -0.15) is 0 Å². The zero-order valence-corrected chi connectivity index (χ0v) is 7.21. The van der Waals surface area contributed by atoms with Crippen LogP contribution in [0, 0.1) is 5.92 Å². The Hall–Kier alpha value is -0.700. The van der Waals surface area contributed by atoms with Gasteiger partial charge in [-0.05, 0) is 25.9 Å². The van der Waals surface area contributed by atoms with Gasteiger partial charge in [-0.1, -0.05) is 0 Å². The molecule has 1 aliphatic heterocycles. The van der Waals surface area contributed by atoms with Crippen molar-refractivity contribution in [1.82, 2.24) is 5.32 Å². The largest absolute Gasteiger partial charge is 0.317 e. The number of piperidine rings is 1. The van der Waals surface area contributed by atoms with E-state index in [-0.39, 0.29) is 11.7 Å². The molecule has 1 saturated heterocycles. The number of aldehydes is 1. The minimum absolute atomic E-state index is 0.214. The molecule has 3 nitrogen and oxygen atoms in total. The molecule has 0 amide bonds. The van der Waals surface area contributed by atoms with Gasteiger partial charge in [0.2, 0.25) is 0 Å². The van der Waals surface area contributed by atoms with E-state index in [1.54, 1.807) is 0 Å². The summed E-state index contributed by atoms with van der Waals surface area (Å²) in [5, 5.41) is 3.20. The third-order valence-electron chi connectivity index (χ3n) is 2.30. The van der Waals surface area contributed by atoms with Gasteiger partial charge >= 0.3 is 0 Å². The molecule has 0 aromatic heterocycles. The number of rotatable bonds is 4. The zero-order chi connectivity index (χ0) is 8.81. The minimum Gasteiger partial charge on any atom is -0.317 e. The molecule has 0 aromatic rings. The summed E-state index contributed by atoms with van der Waals surface area (Å²) in [4.78, 5) is 21.4. The maximum Gasteiger partial charge on any atom is 0.136 e. The number of carbonyl (C=O) groups is 2. The first-order valence-electron chi connectivity index (χ1n) is 4.51. The molecule has 1 N–H and O–H groups in total. The zero-order valence-electron chi connectivity index (χ0n) is 7.21. The molecule has 1 fully saturated rings. The Morgan fingerprint density at radius 3 is 2.67 bits per heavy atom. The molecule has 68 valence electrons. The molecule has 12 heavy (non-hydrogen) atoms. The average molecular weight is 169 g/mol. The second-order valence-corrected chi connectivity index (χ2v) is 3.20. The summed E-state index contributed by atoms with van der Waals surface area (Å²) in [5.74, 6) is 0.481. The molecule has 1 rings (SSSR count). The number of hydrogen-bond acceptors (Lipinski definition) is 3. The third kappa shape index (κ3) is 2.74. The highest BCUT2D eigenvalue weighted by atomic mass is 16.1. The van der Waals surface area contributed by atoms with Crippen molar-refractivity contribution < 1.29 is 9.59 Å². The molecule has 1 aliphatic rings. The van der Waals surface area contributed by atoms with Crippen molar-refractivity contribution in [3.63, 3.8) is 0 Å². The summed E-state index contributed by atoms with van der Waals surface area (Å²) in [6, 6.07) is 0. The van der Waals surface area contributed by atoms with Crippen LogP contribution in [0.5, 0.6) is 0 Å². The number of nitrogens with one attached hydrogen (secondary N) is 1. The van der Waals surface area contributed by atoms with Crippen LogP contribution in [0.3, 0.4) is 0 Å². The summed E-state index contributed by atoms with van der Waals surface area (Å²) in [6.45, 7) is 1.88. The predicted molar refractivity (Wildman–Crippen MR) is 45.9 cm³/mol. The van der Waals surface area contributed by atoms with E-state index in [9.17, 15) is 9.59 Å². The highest BCUT2D eigenvalue weighted by Gasteiger charge is 2.19. The van der Waals surface area contributed by atoms with Gasteiger partial charge in [-0.15, -0.1) is 0 Å². The second kappa shape index (κ2) is 5.04. The van der Waals surface area contributed by atoms with Gasteiger partial charge in [0.25, 0.3) is 0 Å². The first-order valence-corrected chi connectivity index (χ1v) is 4.51. The Labute approximate surface area is 72.5 Å². The van der Waals surface area contributed by atoms with Crippen LogP contribution in [-0.4, -0.2) is 25.2 Å². The molecule has 0 unspecified atom stereocenters. The second-order valence-electron chi connectivity index (χ2n) is 3.20. The fraction of sp³-hybridized carbons (Fsp3) is 0.778. The first-order chi connectivity index (χ1) is 5.84. The number of hydrogen-bond donors (Lipinski definition) is 1. The standard InChI is InChI=1S/C9H15NO2/c11-7-1-2-9(12)8-3-5-10-6-4-8/h7-8,10H,1-6H2. The van der Waals surface area contributed by atoms with Crippen molar-refractivity contribution in [1.29, 1.82) is 0 Å². The molecule has 0 saturated carbocycles. The van der Waals surface area contributed by atoms with Gasteiger partial charge < -0.3 is 10.1 Å². The van der Waals surface area contributed by atoms with Gasteiger partial charge in [0, 0.05) is 18.8 Å². The van der Waals surface area contributed by atoms with E-state index >= 15 is 0 Å². The molecule has 1 heterocycles. The van der Waals surface area contributed by atoms with E-state index in [1.165, 1.54) is 0 Å². The molecule has 0 bridgehead atoms. The topological polar surface area (TPSA) is 46.2 Å². The van der Waals surface area contributed by atoms with Crippen LogP contribution in [0.2, 0.25) is 0 Å². The molecule has 3 heteroatoms. The van der Waals surface area contributed by atoms with E-state index < -0.39 is 0 Å². The van der Waals surface area contributed by atoms with E-state index in [1.807, 2.05) is 0 Å².